The van der Waals surface area contributed by atoms with Crippen molar-refractivity contribution in [1.82, 2.24) is 0 Å². The number of benzene rings is 3. The van der Waals surface area contributed by atoms with E-state index in [9.17, 15) is 39.3 Å². The van der Waals surface area contributed by atoms with Crippen LogP contribution >= 0.6 is 0 Å². The van der Waals surface area contributed by atoms with E-state index in [-0.39, 0.29) is 10.9 Å². The van der Waals surface area contributed by atoms with Crippen molar-refractivity contribution in [2.75, 3.05) is 13.2 Å². The van der Waals surface area contributed by atoms with Gasteiger partial charge in [0, 0.05) is 0 Å². The molecule has 0 aliphatic rings. The predicted molar refractivity (Wildman–Crippen MR) is 148 cm³/mol. The van der Waals surface area contributed by atoms with Crippen LogP contribution in [0, 0.1) is 0 Å². The van der Waals surface area contributed by atoms with Gasteiger partial charge in [0.2, 0.25) is 0 Å². The zero-order chi connectivity index (χ0) is 31.4. The second-order valence-corrected chi connectivity index (χ2v) is 12.4. The van der Waals surface area contributed by atoms with Gasteiger partial charge in [-0.1, -0.05) is 44.9 Å². The van der Waals surface area contributed by atoms with Crippen LogP contribution in [0.5, 0.6) is 11.5 Å². The van der Waals surface area contributed by atoms with Crippen molar-refractivity contribution in [2.45, 2.75) is 71.8 Å². The summed E-state index contributed by atoms with van der Waals surface area (Å²) in [5, 5.41) is -5.99. The first kappa shape index (κ1) is 35.3. The van der Waals surface area contributed by atoms with Crippen LogP contribution in [-0.2, 0) is 21.0 Å². The number of hydrogen-bond acceptors (Lipinski definition) is 5. The average molecular weight is 639 g/mol. The quantitative estimate of drug-likeness (QED) is 0.0818. The minimum Gasteiger partial charge on any atom is -0.743 e. The molecule has 0 radical (unpaired) electrons. The molecule has 0 aromatic heterocycles. The Hall–Kier alpha value is -2.90. The molecule has 0 spiro atoms. The highest BCUT2D eigenvalue weighted by Gasteiger charge is 2.61. The van der Waals surface area contributed by atoms with Crippen LogP contribution in [0.25, 0.3) is 0 Å². The summed E-state index contributed by atoms with van der Waals surface area (Å²) in [4.78, 5) is 3.89. The van der Waals surface area contributed by atoms with Gasteiger partial charge in [0.15, 0.2) is 24.8 Å². The first-order valence-electron chi connectivity index (χ1n) is 13.0. The third-order valence-corrected chi connectivity index (χ3v) is 8.65. The van der Waals surface area contributed by atoms with E-state index in [1.807, 2.05) is 0 Å². The topological polar surface area (TPSA) is 75.7 Å². The van der Waals surface area contributed by atoms with Gasteiger partial charge in [-0.05, 0) is 73.5 Å². The fourth-order valence-corrected chi connectivity index (χ4v) is 5.74. The third kappa shape index (κ3) is 10.4. The molecule has 0 aliphatic heterocycles. The predicted octanol–water partition coefficient (Wildman–Crippen LogP) is 8.16. The average Bonchev–Trinajstić information content (AvgIpc) is 2.94. The second kappa shape index (κ2) is 16.1. The van der Waals surface area contributed by atoms with Gasteiger partial charge in [0.25, 0.3) is 6.17 Å². The van der Waals surface area contributed by atoms with Crippen molar-refractivity contribution < 1.29 is 48.8 Å². The maximum absolute atomic E-state index is 11.8. The summed E-state index contributed by atoms with van der Waals surface area (Å²) in [7, 11) is -6.82. The summed E-state index contributed by atoms with van der Waals surface area (Å²) in [6, 6.07) is 27.9. The van der Waals surface area contributed by atoms with E-state index in [1.165, 1.54) is 14.7 Å². The summed E-state index contributed by atoms with van der Waals surface area (Å²) >= 11 is 0. The van der Waals surface area contributed by atoms with Crippen LogP contribution in [0.15, 0.2) is 93.5 Å². The summed E-state index contributed by atoms with van der Waals surface area (Å²) in [6.07, 6.45) is -6.64. The van der Waals surface area contributed by atoms with Gasteiger partial charge in [0.1, 0.15) is 11.5 Å². The summed E-state index contributed by atoms with van der Waals surface area (Å²) in [5.41, 5.74) is 0. The Labute approximate surface area is 245 Å². The fraction of sp³-hybridized carbons (Fsp3) is 0.379. The number of rotatable bonds is 13. The molecule has 3 aromatic rings. The Morgan fingerprint density at radius 3 is 1.40 bits per heavy atom. The molecule has 0 saturated carbocycles. The van der Waals surface area contributed by atoms with Gasteiger partial charge >= 0.3 is 11.4 Å². The molecule has 232 valence electrons. The van der Waals surface area contributed by atoms with Crippen LogP contribution in [0.3, 0.4) is 0 Å². The van der Waals surface area contributed by atoms with Gasteiger partial charge in [-0.15, -0.1) is 0 Å². The maximum Gasteiger partial charge on any atom is 0.426 e. The van der Waals surface area contributed by atoms with Gasteiger partial charge in [-0.3, -0.25) is 0 Å². The van der Waals surface area contributed by atoms with E-state index >= 15 is 0 Å². The largest absolute Gasteiger partial charge is 0.743 e. The lowest BCUT2D eigenvalue weighted by atomic mass is 10.3. The van der Waals surface area contributed by atoms with Crippen molar-refractivity contribution in [2.24, 2.45) is 0 Å². The lowest BCUT2D eigenvalue weighted by Crippen LogP contribution is -2.46. The van der Waals surface area contributed by atoms with Crippen molar-refractivity contribution in [3.05, 3.63) is 78.9 Å². The van der Waals surface area contributed by atoms with Crippen LogP contribution in [0.4, 0.5) is 26.3 Å². The Kier molecular flexibility index (Phi) is 13.5. The molecule has 42 heavy (non-hydrogen) atoms. The first-order chi connectivity index (χ1) is 19.7. The van der Waals surface area contributed by atoms with Crippen molar-refractivity contribution in [1.29, 1.82) is 0 Å². The van der Waals surface area contributed by atoms with Crippen LogP contribution < -0.4 is 9.47 Å². The number of hydrogen-bond donors (Lipinski definition) is 0. The summed E-state index contributed by atoms with van der Waals surface area (Å²) in [5.74, 6) is 1.89. The Morgan fingerprint density at radius 2 is 1.10 bits per heavy atom. The van der Waals surface area contributed by atoms with Crippen LogP contribution in [0.2, 0.25) is 0 Å². The molecule has 1 atom stereocenters. The van der Waals surface area contributed by atoms with Crippen LogP contribution in [0.1, 0.15) is 39.5 Å². The highest BCUT2D eigenvalue weighted by molar-refractivity contribution is 7.97. The molecule has 0 bridgehead atoms. The van der Waals surface area contributed by atoms with E-state index in [4.69, 9.17) is 9.47 Å². The molecule has 0 amide bonds. The van der Waals surface area contributed by atoms with Crippen molar-refractivity contribution >= 4 is 21.0 Å². The summed E-state index contributed by atoms with van der Waals surface area (Å²) < 4.78 is 109. The van der Waals surface area contributed by atoms with E-state index in [1.54, 1.807) is 0 Å². The van der Waals surface area contributed by atoms with E-state index in [0.29, 0.717) is 0 Å². The molecule has 0 saturated heterocycles. The molecular weight excluding hydrogens is 606 g/mol. The molecule has 1 unspecified atom stereocenters. The van der Waals surface area contributed by atoms with Crippen molar-refractivity contribution in [3.63, 3.8) is 0 Å². The molecule has 5 nitrogen and oxygen atoms in total. The maximum atomic E-state index is 11.8. The normalized spacial score (nSPS) is 12.8. The fourth-order valence-electron chi connectivity index (χ4n) is 3.29. The highest BCUT2D eigenvalue weighted by Crippen LogP contribution is 2.38. The molecule has 13 heteroatoms. The number of ether oxygens (including phenoxy) is 2. The minimum atomic E-state index is -6.66. The van der Waals surface area contributed by atoms with Crippen LogP contribution in [-0.4, -0.2) is 43.8 Å². The van der Waals surface area contributed by atoms with Crippen molar-refractivity contribution in [3.8, 4) is 11.5 Å². The highest BCUT2D eigenvalue weighted by atomic mass is 32.2. The molecule has 0 fully saturated rings. The Morgan fingerprint density at radius 1 is 0.714 bits per heavy atom. The number of halogens is 6. The first-order valence-corrected chi connectivity index (χ1v) is 15.6. The SMILES string of the molecule is CCCCOc1ccc([S+](c2ccccc2)c2ccc(OCCCC)cc2)cc1.O=S(=O)([O-])C(F)(F)C(F)C(F)(F)F. The van der Waals surface area contributed by atoms with E-state index in [0.717, 1.165) is 50.4 Å². The Balaban J connectivity index is 0.000000401. The lowest BCUT2D eigenvalue weighted by Gasteiger charge is -2.24. The monoisotopic (exact) mass is 638 g/mol. The molecule has 0 aliphatic carbocycles. The third-order valence-electron chi connectivity index (χ3n) is 5.55. The molecular formula is C29H32F6O5S2. The second-order valence-electron chi connectivity index (χ2n) is 8.89. The zero-order valence-electron chi connectivity index (χ0n) is 23.0. The Bertz CT molecular complexity index is 1250. The molecule has 0 N–H and O–H groups in total. The molecule has 0 heterocycles. The van der Waals surface area contributed by atoms with Gasteiger partial charge in [0.05, 0.1) is 24.1 Å². The standard InChI is InChI=1S/C26H31O2S.C3H2F6O3S/c1-3-5-20-27-22-12-16-25(17-13-22)29(24-10-8-7-9-11-24)26-18-14-23(15-19-26)28-21-6-4-2;4-1(2(5,6)7)3(8,9)13(10,11)12/h7-19H,3-6,20-21H2,1-2H3;1H,(H,10,11,12)/q+1;/p-1. The number of unbranched alkanes of at least 4 members (excludes halogenated alkanes) is 2. The van der Waals surface area contributed by atoms with E-state index < -0.39 is 27.7 Å². The molecule has 3 rings (SSSR count). The summed E-state index contributed by atoms with van der Waals surface area (Å²) in [6.45, 7) is 5.91. The van der Waals surface area contributed by atoms with Gasteiger partial charge in [-0.2, -0.15) is 22.0 Å². The lowest BCUT2D eigenvalue weighted by molar-refractivity contribution is -0.223. The number of alkyl halides is 6. The van der Waals surface area contributed by atoms with Gasteiger partial charge in [-0.25, -0.2) is 12.8 Å². The van der Waals surface area contributed by atoms with E-state index in [2.05, 4.69) is 92.7 Å². The minimum absolute atomic E-state index is 0.157. The van der Waals surface area contributed by atoms with Gasteiger partial charge < -0.3 is 14.0 Å². The zero-order valence-corrected chi connectivity index (χ0v) is 24.6. The molecule has 3 aromatic carbocycles. The smallest absolute Gasteiger partial charge is 0.426 e.